The molecule has 0 spiro atoms. The van der Waals surface area contributed by atoms with Gasteiger partial charge in [-0.2, -0.15) is 0 Å². The predicted octanol–water partition coefficient (Wildman–Crippen LogP) is 4.16. The molecule has 0 aliphatic heterocycles. The summed E-state index contributed by atoms with van der Waals surface area (Å²) in [6, 6.07) is 16.8. The highest BCUT2D eigenvalue weighted by molar-refractivity contribution is 7.92. The molecule has 0 radical (unpaired) electrons. The summed E-state index contributed by atoms with van der Waals surface area (Å²) in [5.41, 5.74) is 0.493. The van der Waals surface area contributed by atoms with Crippen LogP contribution in [0.1, 0.15) is 23.2 Å². The van der Waals surface area contributed by atoms with Crippen molar-refractivity contribution in [3.05, 3.63) is 66.2 Å². The molecule has 0 atom stereocenters. The smallest absolute Gasteiger partial charge is 0.338 e. The first-order valence-corrected chi connectivity index (χ1v) is 10.5. The van der Waals surface area contributed by atoms with E-state index in [-0.39, 0.29) is 16.1 Å². The first-order valence-electron chi connectivity index (χ1n) is 9.06. The van der Waals surface area contributed by atoms with Gasteiger partial charge in [-0.15, -0.1) is 0 Å². The largest absolute Gasteiger partial charge is 0.478 e. The molecule has 0 aromatic heterocycles. The van der Waals surface area contributed by atoms with Crippen molar-refractivity contribution in [1.29, 1.82) is 0 Å². The molecule has 1 fully saturated rings. The molecule has 0 amide bonds. The van der Waals surface area contributed by atoms with Crippen molar-refractivity contribution in [2.45, 2.75) is 17.7 Å². The van der Waals surface area contributed by atoms with Crippen LogP contribution in [0.5, 0.6) is 0 Å². The average molecular weight is 396 g/mol. The second kappa shape index (κ2) is 7.16. The number of benzene rings is 3. The van der Waals surface area contributed by atoms with Gasteiger partial charge in [-0.1, -0.05) is 42.5 Å². The lowest BCUT2D eigenvalue weighted by molar-refractivity contribution is 0.0700. The van der Waals surface area contributed by atoms with Gasteiger partial charge in [-0.05, 0) is 47.7 Å². The van der Waals surface area contributed by atoms with Crippen LogP contribution in [0, 0.1) is 5.92 Å². The standard InChI is InChI=1S/C21H20N2O4S/c24-21(25)20-16-6-2-1-5-15(16)11-12-18(20)23-28(26,27)19-8-4-3-7-17(19)22-13-14-9-10-14/h1-8,11-12,14,22-23H,9-10,13H2,(H,24,25). The van der Waals surface area contributed by atoms with Crippen LogP contribution in [0.3, 0.4) is 0 Å². The minimum absolute atomic E-state index is 0.0446. The first-order chi connectivity index (χ1) is 13.5. The highest BCUT2D eigenvalue weighted by Crippen LogP contribution is 2.32. The van der Waals surface area contributed by atoms with E-state index in [0.29, 0.717) is 17.0 Å². The lowest BCUT2D eigenvalue weighted by Crippen LogP contribution is -2.18. The molecule has 28 heavy (non-hydrogen) atoms. The minimum Gasteiger partial charge on any atom is -0.478 e. The number of hydrogen-bond donors (Lipinski definition) is 3. The number of fused-ring (bicyclic) bond motifs is 1. The molecule has 3 aromatic carbocycles. The van der Waals surface area contributed by atoms with Crippen molar-refractivity contribution in [2.75, 3.05) is 16.6 Å². The van der Waals surface area contributed by atoms with Crippen molar-refractivity contribution in [2.24, 2.45) is 5.92 Å². The van der Waals surface area contributed by atoms with Crippen LogP contribution < -0.4 is 10.0 Å². The van der Waals surface area contributed by atoms with Crippen molar-refractivity contribution < 1.29 is 18.3 Å². The molecule has 3 aromatic rings. The molecule has 0 saturated heterocycles. The van der Waals surface area contributed by atoms with Crippen molar-refractivity contribution in [3.63, 3.8) is 0 Å². The molecule has 0 bridgehead atoms. The molecule has 7 heteroatoms. The molecule has 0 unspecified atom stereocenters. The summed E-state index contributed by atoms with van der Waals surface area (Å²) in [5.74, 6) is -0.600. The molecule has 3 N–H and O–H groups in total. The number of carbonyl (C=O) groups is 1. The highest BCUT2D eigenvalue weighted by atomic mass is 32.2. The first kappa shape index (κ1) is 18.3. The average Bonchev–Trinajstić information content (AvgIpc) is 3.50. The van der Waals surface area contributed by atoms with Crippen molar-refractivity contribution in [1.82, 2.24) is 0 Å². The maximum absolute atomic E-state index is 13.0. The van der Waals surface area contributed by atoms with E-state index in [4.69, 9.17) is 0 Å². The zero-order valence-electron chi connectivity index (χ0n) is 15.1. The van der Waals surface area contributed by atoms with Crippen LogP contribution in [0.15, 0.2) is 65.6 Å². The van der Waals surface area contributed by atoms with Gasteiger partial charge >= 0.3 is 5.97 Å². The Morgan fingerprint density at radius 3 is 2.43 bits per heavy atom. The van der Waals surface area contributed by atoms with Crippen molar-refractivity contribution in [3.8, 4) is 0 Å². The number of sulfonamides is 1. The normalized spacial score (nSPS) is 14.0. The molecule has 4 rings (SSSR count). The third-order valence-corrected chi connectivity index (χ3v) is 6.27. The van der Waals surface area contributed by atoms with Crippen LogP contribution in [0.25, 0.3) is 10.8 Å². The van der Waals surface area contributed by atoms with Crippen LogP contribution in [0.2, 0.25) is 0 Å². The number of nitrogens with one attached hydrogen (secondary N) is 2. The fraction of sp³-hybridized carbons (Fsp3) is 0.190. The molecule has 144 valence electrons. The number of hydrogen-bond acceptors (Lipinski definition) is 4. The van der Waals surface area contributed by atoms with Crippen molar-refractivity contribution >= 4 is 38.1 Å². The summed E-state index contributed by atoms with van der Waals surface area (Å²) < 4.78 is 28.6. The summed E-state index contributed by atoms with van der Waals surface area (Å²) in [6.45, 7) is 0.725. The third kappa shape index (κ3) is 3.66. The maximum Gasteiger partial charge on any atom is 0.338 e. The fourth-order valence-corrected chi connectivity index (χ4v) is 4.47. The lowest BCUT2D eigenvalue weighted by Gasteiger charge is -2.16. The topological polar surface area (TPSA) is 95.5 Å². The molecule has 1 saturated carbocycles. The van der Waals surface area contributed by atoms with E-state index in [1.165, 1.54) is 12.1 Å². The van der Waals surface area contributed by atoms with E-state index in [2.05, 4.69) is 10.0 Å². The molecule has 1 aliphatic rings. The number of rotatable bonds is 7. The van der Waals surface area contributed by atoms with Gasteiger partial charge in [0, 0.05) is 6.54 Å². The molecular formula is C21H20N2O4S. The maximum atomic E-state index is 13.0. The van der Waals surface area contributed by atoms with Gasteiger partial charge in [0.05, 0.1) is 16.9 Å². The molecule has 6 nitrogen and oxygen atoms in total. The summed E-state index contributed by atoms with van der Waals surface area (Å²) in [5, 5.41) is 14.1. The number of aromatic carboxylic acids is 1. The second-order valence-corrected chi connectivity index (χ2v) is 8.59. The van der Waals surface area contributed by atoms with Crippen LogP contribution in [-0.4, -0.2) is 26.0 Å². The van der Waals surface area contributed by atoms with Gasteiger partial charge in [-0.3, -0.25) is 4.72 Å². The monoisotopic (exact) mass is 396 g/mol. The van der Waals surface area contributed by atoms with Gasteiger partial charge in [0.15, 0.2) is 0 Å². The molecule has 0 heterocycles. The van der Waals surface area contributed by atoms with E-state index < -0.39 is 16.0 Å². The molecular weight excluding hydrogens is 376 g/mol. The Morgan fingerprint density at radius 2 is 1.68 bits per heavy atom. The van der Waals surface area contributed by atoms with Crippen LogP contribution in [0.4, 0.5) is 11.4 Å². The zero-order valence-corrected chi connectivity index (χ0v) is 15.9. The SMILES string of the molecule is O=C(O)c1c(NS(=O)(=O)c2ccccc2NCC2CC2)ccc2ccccc12. The number of carboxylic acid groups (broad SMARTS) is 1. The Hall–Kier alpha value is -3.06. The van der Waals surface area contributed by atoms with E-state index in [9.17, 15) is 18.3 Å². The van der Waals surface area contributed by atoms with E-state index in [0.717, 1.165) is 24.8 Å². The quantitative estimate of drug-likeness (QED) is 0.557. The Balaban J connectivity index is 1.73. The van der Waals surface area contributed by atoms with Gasteiger partial charge in [-0.25, -0.2) is 13.2 Å². The summed E-state index contributed by atoms with van der Waals surface area (Å²) in [7, 11) is -3.97. The lowest BCUT2D eigenvalue weighted by atomic mass is 10.0. The number of anilines is 2. The second-order valence-electron chi connectivity index (χ2n) is 6.94. The van der Waals surface area contributed by atoms with Gasteiger partial charge in [0.2, 0.25) is 0 Å². The van der Waals surface area contributed by atoms with E-state index in [1.807, 2.05) is 0 Å². The van der Waals surface area contributed by atoms with Gasteiger partial charge in [0.25, 0.3) is 10.0 Å². The molecule has 1 aliphatic carbocycles. The third-order valence-electron chi connectivity index (χ3n) is 4.84. The van der Waals surface area contributed by atoms with Gasteiger partial charge < -0.3 is 10.4 Å². The Kier molecular flexibility index (Phi) is 4.68. The number of para-hydroxylation sites is 1. The predicted molar refractivity (Wildman–Crippen MR) is 109 cm³/mol. The highest BCUT2D eigenvalue weighted by Gasteiger charge is 2.25. The zero-order chi connectivity index (χ0) is 19.7. The number of carboxylic acids is 1. The van der Waals surface area contributed by atoms with E-state index >= 15 is 0 Å². The summed E-state index contributed by atoms with van der Waals surface area (Å²) in [6.07, 6.45) is 2.30. The van der Waals surface area contributed by atoms with Gasteiger partial charge in [0.1, 0.15) is 4.90 Å². The Labute approximate surface area is 163 Å². The van der Waals surface area contributed by atoms with Crippen LogP contribution in [-0.2, 0) is 10.0 Å². The van der Waals surface area contributed by atoms with Crippen LogP contribution >= 0.6 is 0 Å². The fourth-order valence-electron chi connectivity index (χ4n) is 3.21. The summed E-state index contributed by atoms with van der Waals surface area (Å²) >= 11 is 0. The Morgan fingerprint density at radius 1 is 0.964 bits per heavy atom. The summed E-state index contributed by atoms with van der Waals surface area (Å²) in [4.78, 5) is 12.0. The minimum atomic E-state index is -3.97. The Bertz CT molecular complexity index is 1150. The van der Waals surface area contributed by atoms with E-state index in [1.54, 1.807) is 48.5 Å².